The SMILES string of the molecule is N#Cc1ccccc1COc1c(I)cc(I)cc1/C=C1/NC(=O)N(CC(=O)Nc2ccccc2F)C1=O. The van der Waals surface area contributed by atoms with E-state index in [1.54, 1.807) is 30.3 Å². The third-order valence-corrected chi connectivity index (χ3v) is 6.68. The lowest BCUT2D eigenvalue weighted by Crippen LogP contribution is -2.38. The van der Waals surface area contributed by atoms with Crippen LogP contribution in [-0.4, -0.2) is 29.3 Å². The van der Waals surface area contributed by atoms with Crippen molar-refractivity contribution in [1.82, 2.24) is 10.2 Å². The second-order valence-corrected chi connectivity index (χ2v) is 10.2. The third kappa shape index (κ3) is 6.25. The normalized spacial score (nSPS) is 13.9. The van der Waals surface area contributed by atoms with Gasteiger partial charge in [0.2, 0.25) is 5.91 Å². The van der Waals surface area contributed by atoms with Crippen molar-refractivity contribution in [3.63, 3.8) is 0 Å². The Kier molecular flexibility index (Phi) is 8.39. The van der Waals surface area contributed by atoms with Crippen molar-refractivity contribution in [2.24, 2.45) is 0 Å². The number of nitrogens with zero attached hydrogens (tertiary/aromatic N) is 2. The first-order valence-electron chi connectivity index (χ1n) is 10.8. The highest BCUT2D eigenvalue weighted by atomic mass is 127. The molecule has 0 aromatic heterocycles. The number of urea groups is 1. The summed E-state index contributed by atoms with van der Waals surface area (Å²) < 4.78 is 21.5. The van der Waals surface area contributed by atoms with Gasteiger partial charge in [-0.3, -0.25) is 9.59 Å². The van der Waals surface area contributed by atoms with E-state index in [0.29, 0.717) is 22.4 Å². The van der Waals surface area contributed by atoms with Gasteiger partial charge in [0, 0.05) is 14.7 Å². The first-order valence-corrected chi connectivity index (χ1v) is 12.9. The zero-order valence-corrected chi connectivity index (χ0v) is 23.2. The molecule has 0 unspecified atom stereocenters. The van der Waals surface area contributed by atoms with Crippen molar-refractivity contribution < 1.29 is 23.5 Å². The van der Waals surface area contributed by atoms with Gasteiger partial charge in [0.15, 0.2) is 0 Å². The number of nitriles is 1. The average molecular weight is 722 g/mol. The minimum atomic E-state index is -0.773. The zero-order chi connectivity index (χ0) is 26.5. The van der Waals surface area contributed by atoms with Gasteiger partial charge < -0.3 is 15.4 Å². The Morgan fingerprint density at radius 1 is 1.14 bits per heavy atom. The van der Waals surface area contributed by atoms with Crippen LogP contribution in [-0.2, 0) is 16.2 Å². The number of hydrogen-bond donors (Lipinski definition) is 2. The fourth-order valence-electron chi connectivity index (χ4n) is 3.51. The highest BCUT2D eigenvalue weighted by Crippen LogP contribution is 2.32. The van der Waals surface area contributed by atoms with Crippen LogP contribution in [0, 0.1) is 24.3 Å². The van der Waals surface area contributed by atoms with Crippen molar-refractivity contribution >= 4 is 74.8 Å². The van der Waals surface area contributed by atoms with Gasteiger partial charge in [0.1, 0.15) is 30.4 Å². The van der Waals surface area contributed by atoms with E-state index in [1.165, 1.54) is 24.3 Å². The van der Waals surface area contributed by atoms with Crippen molar-refractivity contribution in [3.05, 3.63) is 96.0 Å². The van der Waals surface area contributed by atoms with E-state index in [1.807, 2.05) is 12.1 Å². The van der Waals surface area contributed by atoms with E-state index in [0.717, 1.165) is 12.0 Å². The molecule has 2 N–H and O–H groups in total. The molecule has 11 heteroatoms. The maximum absolute atomic E-state index is 13.8. The monoisotopic (exact) mass is 722 g/mol. The van der Waals surface area contributed by atoms with Crippen molar-refractivity contribution in [1.29, 1.82) is 5.26 Å². The second kappa shape index (κ2) is 11.7. The molecular weight excluding hydrogens is 705 g/mol. The number of rotatable bonds is 7. The first-order chi connectivity index (χ1) is 17.8. The van der Waals surface area contributed by atoms with E-state index in [4.69, 9.17) is 4.74 Å². The molecule has 3 aromatic carbocycles. The Hall–Kier alpha value is -3.51. The smallest absolute Gasteiger partial charge is 0.329 e. The second-order valence-electron chi connectivity index (χ2n) is 7.77. The van der Waals surface area contributed by atoms with Crippen LogP contribution in [0.1, 0.15) is 16.7 Å². The molecule has 1 aliphatic heterocycles. The quantitative estimate of drug-likeness (QED) is 0.202. The largest absolute Gasteiger partial charge is 0.487 e. The van der Waals surface area contributed by atoms with Crippen LogP contribution in [0.2, 0.25) is 0 Å². The van der Waals surface area contributed by atoms with Crippen LogP contribution >= 0.6 is 45.2 Å². The molecule has 0 spiro atoms. The Bertz CT molecular complexity index is 1490. The maximum Gasteiger partial charge on any atom is 0.329 e. The molecule has 0 bridgehead atoms. The summed E-state index contributed by atoms with van der Waals surface area (Å²) in [5.74, 6) is -1.59. The number of nitrogens with one attached hydrogen (secondary N) is 2. The number of ether oxygens (including phenoxy) is 1. The zero-order valence-electron chi connectivity index (χ0n) is 18.9. The lowest BCUT2D eigenvalue weighted by atomic mass is 10.1. The van der Waals surface area contributed by atoms with Gasteiger partial charge in [0.25, 0.3) is 5.91 Å². The van der Waals surface area contributed by atoms with E-state index in [2.05, 4.69) is 61.9 Å². The summed E-state index contributed by atoms with van der Waals surface area (Å²) in [6.45, 7) is -0.465. The Morgan fingerprint density at radius 3 is 2.62 bits per heavy atom. The van der Waals surface area contributed by atoms with Crippen LogP contribution < -0.4 is 15.4 Å². The van der Waals surface area contributed by atoms with Crippen molar-refractivity contribution in [2.75, 3.05) is 11.9 Å². The van der Waals surface area contributed by atoms with Crippen LogP contribution in [0.5, 0.6) is 5.75 Å². The molecule has 3 aromatic rings. The standard InChI is InChI=1S/C26H17FI2N4O4/c27-19-7-3-4-8-21(19)31-23(34)13-33-25(35)22(32-26(33)36)10-17-9-18(28)11-20(29)24(17)37-14-16-6-2-1-5-15(16)12-30/h1-11H,13-14H2,(H,31,34)(H,32,36)/b22-10+. The summed E-state index contributed by atoms with van der Waals surface area (Å²) in [6.07, 6.45) is 1.48. The van der Waals surface area contributed by atoms with Gasteiger partial charge >= 0.3 is 6.03 Å². The highest BCUT2D eigenvalue weighted by Gasteiger charge is 2.35. The number of carbonyl (C=O) groups is 3. The number of carbonyl (C=O) groups excluding carboxylic acids is 3. The van der Waals surface area contributed by atoms with E-state index >= 15 is 0 Å². The Labute approximate surface area is 238 Å². The number of halogens is 3. The summed E-state index contributed by atoms with van der Waals surface area (Å²) in [5.41, 5.74) is 1.64. The summed E-state index contributed by atoms with van der Waals surface area (Å²) >= 11 is 4.24. The molecule has 0 aliphatic carbocycles. The molecule has 4 amide bonds. The van der Waals surface area contributed by atoms with Crippen molar-refractivity contribution in [2.45, 2.75) is 6.61 Å². The van der Waals surface area contributed by atoms with Gasteiger partial charge in [-0.2, -0.15) is 5.26 Å². The molecule has 1 aliphatic rings. The molecule has 8 nitrogen and oxygen atoms in total. The number of imide groups is 1. The Morgan fingerprint density at radius 2 is 1.86 bits per heavy atom. The molecular formula is C26H17FI2N4O4. The molecule has 1 fully saturated rings. The van der Waals surface area contributed by atoms with Gasteiger partial charge in [-0.15, -0.1) is 0 Å². The molecule has 4 rings (SSSR count). The number of para-hydroxylation sites is 1. The fraction of sp³-hybridized carbons (Fsp3) is 0.0769. The number of benzene rings is 3. The molecule has 0 radical (unpaired) electrons. The first kappa shape index (κ1) is 26.6. The molecule has 0 saturated carbocycles. The molecule has 1 heterocycles. The van der Waals surface area contributed by atoms with Crippen molar-refractivity contribution in [3.8, 4) is 11.8 Å². The number of hydrogen-bond acceptors (Lipinski definition) is 5. The summed E-state index contributed by atoms with van der Waals surface area (Å²) in [5, 5.41) is 14.2. The molecule has 0 atom stereocenters. The van der Waals surface area contributed by atoms with Crippen LogP contribution in [0.4, 0.5) is 14.9 Å². The third-order valence-electron chi connectivity index (χ3n) is 5.26. The summed E-state index contributed by atoms with van der Waals surface area (Å²) in [6, 6.07) is 17.7. The van der Waals surface area contributed by atoms with Gasteiger partial charge in [0.05, 0.1) is 20.9 Å². The van der Waals surface area contributed by atoms with Crippen LogP contribution in [0.15, 0.2) is 66.4 Å². The van der Waals surface area contributed by atoms with Crippen LogP contribution in [0.25, 0.3) is 6.08 Å². The summed E-state index contributed by atoms with van der Waals surface area (Å²) in [4.78, 5) is 38.6. The van der Waals surface area contributed by atoms with Gasteiger partial charge in [-0.25, -0.2) is 14.1 Å². The van der Waals surface area contributed by atoms with E-state index in [9.17, 15) is 24.0 Å². The lowest BCUT2D eigenvalue weighted by molar-refractivity contribution is -0.127. The highest BCUT2D eigenvalue weighted by molar-refractivity contribution is 14.1. The minimum Gasteiger partial charge on any atom is -0.487 e. The molecule has 37 heavy (non-hydrogen) atoms. The number of anilines is 1. The number of amides is 4. The minimum absolute atomic E-state index is 0.0382. The molecule has 186 valence electrons. The maximum atomic E-state index is 13.8. The average Bonchev–Trinajstić information content (AvgIpc) is 3.12. The van der Waals surface area contributed by atoms with E-state index < -0.39 is 30.2 Å². The molecule has 1 saturated heterocycles. The van der Waals surface area contributed by atoms with Crippen LogP contribution in [0.3, 0.4) is 0 Å². The van der Waals surface area contributed by atoms with E-state index in [-0.39, 0.29) is 18.0 Å². The lowest BCUT2D eigenvalue weighted by Gasteiger charge is -2.14. The van der Waals surface area contributed by atoms with Gasteiger partial charge in [-0.1, -0.05) is 30.3 Å². The summed E-state index contributed by atoms with van der Waals surface area (Å²) in [7, 11) is 0. The topological polar surface area (TPSA) is 112 Å². The predicted molar refractivity (Wildman–Crippen MR) is 151 cm³/mol. The predicted octanol–water partition coefficient (Wildman–Crippen LogP) is 5.02. The Balaban J connectivity index is 1.54. The van der Waals surface area contributed by atoms with Gasteiger partial charge in [-0.05, 0) is 81.6 Å². The fourth-order valence-corrected chi connectivity index (χ4v) is 5.56.